The maximum absolute atomic E-state index is 12.6. The first-order chi connectivity index (χ1) is 17.6. The van der Waals surface area contributed by atoms with E-state index < -0.39 is 6.03 Å². The van der Waals surface area contributed by atoms with Gasteiger partial charge in [-0.3, -0.25) is 5.32 Å². The van der Waals surface area contributed by atoms with Crippen LogP contribution in [0.4, 0.5) is 16.2 Å². The van der Waals surface area contributed by atoms with E-state index in [-0.39, 0.29) is 6.10 Å². The number of nitrogens with one attached hydrogen (secondary N) is 3. The molecule has 0 radical (unpaired) electrons. The lowest BCUT2D eigenvalue weighted by molar-refractivity contribution is 0.108. The quantitative estimate of drug-likeness (QED) is 0.178. The second-order valence-electron chi connectivity index (χ2n) is 8.16. The Bertz CT molecular complexity index is 1250. The number of hydrogen-bond acceptors (Lipinski definition) is 7. The standard InChI is InChI=1S/C25H27N7O4/c1-35-22-12-19(5-6-21(22)23-14-27-16-36-23)31-25(34)30-18-4-2-3-17(11-18)13-28-24(29-15-26)32-9-7-20(33)8-10-32/h2-6,11-12,14,16,20,33H,7-10,13H2,1H3,(H,28,29)(H2,30,31,34). The van der Waals surface area contributed by atoms with Gasteiger partial charge in [0.25, 0.3) is 0 Å². The Kier molecular flexibility index (Phi) is 8.00. The van der Waals surface area contributed by atoms with E-state index in [1.54, 1.807) is 37.6 Å². The van der Waals surface area contributed by atoms with Crippen LogP contribution in [0.15, 0.2) is 64.5 Å². The SMILES string of the molecule is COc1cc(NC(=O)Nc2cccc(CN=C(NC#N)N3CCC(O)CC3)c2)ccc1-c1cnco1. The Morgan fingerprint density at radius 1 is 1.25 bits per heavy atom. The van der Waals surface area contributed by atoms with E-state index in [4.69, 9.17) is 14.4 Å². The third-order valence-corrected chi connectivity index (χ3v) is 5.69. The predicted octanol–water partition coefficient (Wildman–Crippen LogP) is 3.38. The topological polar surface area (TPSA) is 148 Å². The number of piperidine rings is 1. The molecule has 2 heterocycles. The number of aliphatic hydroxyl groups excluding tert-OH is 1. The van der Waals surface area contributed by atoms with Crippen LogP contribution in [0, 0.1) is 11.5 Å². The molecule has 3 aromatic rings. The number of methoxy groups -OCH3 is 1. The molecule has 36 heavy (non-hydrogen) atoms. The van der Waals surface area contributed by atoms with Crippen LogP contribution in [0.3, 0.4) is 0 Å². The van der Waals surface area contributed by atoms with Crippen LogP contribution in [-0.4, -0.2) is 53.3 Å². The summed E-state index contributed by atoms with van der Waals surface area (Å²) in [5.41, 5.74) is 2.73. The van der Waals surface area contributed by atoms with Gasteiger partial charge in [-0.25, -0.2) is 14.8 Å². The van der Waals surface area contributed by atoms with Crippen LogP contribution < -0.4 is 20.7 Å². The van der Waals surface area contributed by atoms with Gasteiger partial charge in [-0.2, -0.15) is 5.26 Å². The fraction of sp³-hybridized carbons (Fsp3) is 0.280. The molecule has 0 saturated carbocycles. The predicted molar refractivity (Wildman–Crippen MR) is 134 cm³/mol. The highest BCUT2D eigenvalue weighted by atomic mass is 16.5. The van der Waals surface area contributed by atoms with E-state index in [0.717, 1.165) is 11.1 Å². The second kappa shape index (κ2) is 11.7. The molecule has 4 rings (SSSR count). The van der Waals surface area contributed by atoms with Crippen molar-refractivity contribution in [3.05, 3.63) is 60.6 Å². The lowest BCUT2D eigenvalue weighted by atomic mass is 10.1. The molecule has 1 fully saturated rings. The molecule has 2 amide bonds. The molecule has 4 N–H and O–H groups in total. The van der Waals surface area contributed by atoms with E-state index in [9.17, 15) is 9.90 Å². The lowest BCUT2D eigenvalue weighted by Gasteiger charge is -2.31. The number of nitriles is 1. The summed E-state index contributed by atoms with van der Waals surface area (Å²) in [6, 6.07) is 12.1. The van der Waals surface area contributed by atoms with Crippen molar-refractivity contribution in [2.45, 2.75) is 25.5 Å². The van der Waals surface area contributed by atoms with E-state index in [1.807, 2.05) is 29.3 Å². The maximum atomic E-state index is 12.6. The molecule has 1 saturated heterocycles. The largest absolute Gasteiger partial charge is 0.496 e. The van der Waals surface area contributed by atoms with Crippen molar-refractivity contribution in [2.75, 3.05) is 30.8 Å². The number of aliphatic imine (C=N–C) groups is 1. The summed E-state index contributed by atoms with van der Waals surface area (Å²) in [6.45, 7) is 1.57. The van der Waals surface area contributed by atoms with Crippen LogP contribution in [0.2, 0.25) is 0 Å². The van der Waals surface area contributed by atoms with Crippen molar-refractivity contribution in [3.63, 3.8) is 0 Å². The number of amides is 2. The summed E-state index contributed by atoms with van der Waals surface area (Å²) >= 11 is 0. The van der Waals surface area contributed by atoms with Gasteiger partial charge in [-0.15, -0.1) is 0 Å². The highest BCUT2D eigenvalue weighted by Crippen LogP contribution is 2.32. The summed E-state index contributed by atoms with van der Waals surface area (Å²) in [5, 5.41) is 27.1. The number of guanidine groups is 1. The van der Waals surface area contributed by atoms with Crippen LogP contribution in [0.25, 0.3) is 11.3 Å². The number of likely N-dealkylation sites (tertiary alicyclic amines) is 1. The molecule has 2 aromatic carbocycles. The molecule has 186 valence electrons. The second-order valence-corrected chi connectivity index (χ2v) is 8.16. The Hall–Kier alpha value is -4.56. The van der Waals surface area contributed by atoms with Gasteiger partial charge >= 0.3 is 6.03 Å². The van der Waals surface area contributed by atoms with Gasteiger partial charge in [0.1, 0.15) is 5.75 Å². The van der Waals surface area contributed by atoms with Crippen molar-refractivity contribution in [3.8, 4) is 23.3 Å². The number of nitrogens with zero attached hydrogens (tertiary/aromatic N) is 4. The number of ether oxygens (including phenoxy) is 1. The number of hydrogen-bond donors (Lipinski definition) is 4. The van der Waals surface area contributed by atoms with Crippen molar-refractivity contribution in [2.24, 2.45) is 4.99 Å². The van der Waals surface area contributed by atoms with Gasteiger partial charge in [-0.1, -0.05) is 12.1 Å². The van der Waals surface area contributed by atoms with E-state index in [1.165, 1.54) is 6.39 Å². The van der Waals surface area contributed by atoms with Gasteiger partial charge in [0, 0.05) is 30.5 Å². The smallest absolute Gasteiger partial charge is 0.323 e. The average Bonchev–Trinajstić information content (AvgIpc) is 3.42. The Morgan fingerprint density at radius 2 is 2.03 bits per heavy atom. The maximum Gasteiger partial charge on any atom is 0.323 e. The molecule has 0 bridgehead atoms. The molecule has 0 spiro atoms. The van der Waals surface area contributed by atoms with E-state index >= 15 is 0 Å². The molecule has 11 nitrogen and oxygen atoms in total. The zero-order chi connectivity index (χ0) is 25.3. The zero-order valence-electron chi connectivity index (χ0n) is 19.8. The molecular formula is C25H27N7O4. The first-order valence-electron chi connectivity index (χ1n) is 11.4. The monoisotopic (exact) mass is 489 g/mol. The minimum Gasteiger partial charge on any atom is -0.496 e. The Morgan fingerprint density at radius 3 is 2.72 bits per heavy atom. The number of carbonyl (C=O) groups excluding carboxylic acids is 1. The summed E-state index contributed by atoms with van der Waals surface area (Å²) in [6.07, 6.45) is 5.81. The minimum atomic E-state index is -0.413. The molecule has 0 atom stereocenters. The molecule has 1 aliphatic rings. The first kappa shape index (κ1) is 24.6. The Labute approximate surface area is 208 Å². The first-order valence-corrected chi connectivity index (χ1v) is 11.4. The van der Waals surface area contributed by atoms with Crippen molar-refractivity contribution < 1.29 is 19.1 Å². The van der Waals surface area contributed by atoms with Gasteiger partial charge in [0.2, 0.25) is 5.96 Å². The van der Waals surface area contributed by atoms with Crippen LogP contribution in [-0.2, 0) is 6.54 Å². The number of benzene rings is 2. The number of rotatable bonds is 6. The number of urea groups is 1. The van der Waals surface area contributed by atoms with Gasteiger partial charge < -0.3 is 29.8 Å². The summed E-state index contributed by atoms with van der Waals surface area (Å²) in [7, 11) is 1.54. The average molecular weight is 490 g/mol. The van der Waals surface area contributed by atoms with Crippen LogP contribution >= 0.6 is 0 Å². The van der Waals surface area contributed by atoms with Gasteiger partial charge in [-0.05, 0) is 42.7 Å². The van der Waals surface area contributed by atoms with Crippen molar-refractivity contribution >= 4 is 23.4 Å². The van der Waals surface area contributed by atoms with Crippen molar-refractivity contribution in [1.82, 2.24) is 15.2 Å². The third kappa shape index (κ3) is 6.31. The molecule has 1 aliphatic heterocycles. The number of oxazole rings is 1. The zero-order valence-corrected chi connectivity index (χ0v) is 19.8. The van der Waals surface area contributed by atoms with Crippen molar-refractivity contribution in [1.29, 1.82) is 5.26 Å². The minimum absolute atomic E-state index is 0.314. The number of carbonyl (C=O) groups is 1. The third-order valence-electron chi connectivity index (χ3n) is 5.69. The van der Waals surface area contributed by atoms with Crippen LogP contribution in [0.1, 0.15) is 18.4 Å². The number of aromatic nitrogens is 1. The number of anilines is 2. The highest BCUT2D eigenvalue weighted by Gasteiger charge is 2.20. The normalized spacial score (nSPS) is 14.1. The Balaban J connectivity index is 1.38. The summed E-state index contributed by atoms with van der Waals surface area (Å²) < 4.78 is 10.8. The highest BCUT2D eigenvalue weighted by molar-refractivity contribution is 6.00. The summed E-state index contributed by atoms with van der Waals surface area (Å²) in [4.78, 5) is 23.0. The molecule has 1 aromatic heterocycles. The van der Waals surface area contributed by atoms with Crippen LogP contribution in [0.5, 0.6) is 5.75 Å². The molecule has 0 unspecified atom stereocenters. The molecule has 0 aliphatic carbocycles. The molecule has 11 heteroatoms. The van der Waals surface area contributed by atoms with Gasteiger partial charge in [0.05, 0.1) is 31.5 Å². The lowest BCUT2D eigenvalue weighted by Crippen LogP contribution is -2.45. The summed E-state index contributed by atoms with van der Waals surface area (Å²) in [5.74, 6) is 1.57. The van der Waals surface area contributed by atoms with E-state index in [2.05, 4.69) is 25.9 Å². The fourth-order valence-electron chi connectivity index (χ4n) is 3.87. The molecular weight excluding hydrogens is 462 g/mol. The van der Waals surface area contributed by atoms with Gasteiger partial charge in [0.15, 0.2) is 18.3 Å². The fourth-order valence-corrected chi connectivity index (χ4v) is 3.87. The van der Waals surface area contributed by atoms with E-state index in [0.29, 0.717) is 61.3 Å². The number of aliphatic hydroxyl groups is 1.